The van der Waals surface area contributed by atoms with Crippen LogP contribution in [-0.4, -0.2) is 11.4 Å². The first kappa shape index (κ1) is 8.91. The zero-order valence-electron chi connectivity index (χ0n) is 4.70. The van der Waals surface area contributed by atoms with Crippen molar-refractivity contribution in [2.45, 2.75) is 14.0 Å². The summed E-state index contributed by atoms with van der Waals surface area (Å²) >= 11 is 0. The van der Waals surface area contributed by atoms with Gasteiger partial charge in [0.1, 0.15) is 12.4 Å². The molecule has 0 spiro atoms. The van der Waals surface area contributed by atoms with E-state index >= 15 is 0 Å². The van der Waals surface area contributed by atoms with Crippen LogP contribution in [0.2, 0.25) is 0 Å². The first-order valence-electron chi connectivity index (χ1n) is 2.51. The van der Waals surface area contributed by atoms with Gasteiger partial charge in [0.2, 0.25) is 0 Å². The van der Waals surface area contributed by atoms with Crippen LogP contribution in [0.3, 0.4) is 0 Å². The van der Waals surface area contributed by atoms with Crippen molar-refractivity contribution >= 4 is 6.29 Å². The van der Waals surface area contributed by atoms with E-state index in [1.807, 2.05) is 0 Å². The Bertz CT molecular complexity index is 202. The third-order valence-corrected chi connectivity index (χ3v) is 0.954. The lowest BCUT2D eigenvalue weighted by molar-refractivity contribution is 0.109. The Morgan fingerprint density at radius 1 is 1.60 bits per heavy atom. The molecule has 0 aliphatic carbocycles. The normalized spacial score (nSPS) is 8.50. The maximum absolute atomic E-state index is 9.96. The third kappa shape index (κ3) is 1.70. The summed E-state index contributed by atoms with van der Waals surface area (Å²) in [6, 6.07) is 3.07. The number of furan rings is 1. The molecule has 0 atom stereocenters. The van der Waals surface area contributed by atoms with Crippen LogP contribution in [0.15, 0.2) is 16.5 Å². The molecule has 0 fully saturated rings. The molecule has 0 radical (unpaired) electrons. The second-order valence-corrected chi connectivity index (χ2v) is 1.58. The van der Waals surface area contributed by atoms with Crippen molar-refractivity contribution in [3.63, 3.8) is 0 Å². The van der Waals surface area contributed by atoms with Gasteiger partial charge in [-0.15, -0.1) is 0 Å². The summed E-state index contributed by atoms with van der Waals surface area (Å²) in [6.07, 6.45) is 0.596. The second kappa shape index (κ2) is 3.85. The van der Waals surface area contributed by atoms with Gasteiger partial charge in [0, 0.05) is 0 Å². The molecule has 10 heavy (non-hydrogen) atoms. The zero-order chi connectivity index (χ0) is 6.69. The van der Waals surface area contributed by atoms with Crippen LogP contribution in [0.4, 0.5) is 0 Å². The summed E-state index contributed by atoms with van der Waals surface area (Å²) in [5, 5.41) is 8.44. The van der Waals surface area contributed by atoms with Gasteiger partial charge >= 0.3 is 0 Å². The van der Waals surface area contributed by atoms with Crippen LogP contribution in [-0.2, 0) is 6.61 Å². The summed E-state index contributed by atoms with van der Waals surface area (Å²) in [7, 11) is 0. The van der Waals surface area contributed by atoms with Gasteiger partial charge in [-0.25, -0.2) is 0 Å². The lowest BCUT2D eigenvalue weighted by atomic mass is 10.4. The van der Waals surface area contributed by atoms with Crippen LogP contribution in [0.1, 0.15) is 23.7 Å². The number of aliphatic hydroxyl groups excluding tert-OH is 1. The molecule has 1 aromatic rings. The summed E-state index contributed by atoms with van der Waals surface area (Å²) in [4.78, 5) is 9.96. The molecule has 1 rings (SSSR count). The lowest BCUT2D eigenvalue weighted by Crippen LogP contribution is -1.74. The summed E-state index contributed by atoms with van der Waals surface area (Å²) in [6.45, 7) is -0.159. The molecule has 3 heteroatoms. The van der Waals surface area contributed by atoms with E-state index in [-0.39, 0.29) is 19.8 Å². The molecule has 0 saturated carbocycles. The van der Waals surface area contributed by atoms with Crippen LogP contribution >= 0.6 is 0 Å². The molecule has 0 saturated heterocycles. The van der Waals surface area contributed by atoms with Crippen molar-refractivity contribution in [1.82, 2.24) is 0 Å². The van der Waals surface area contributed by atoms with E-state index in [9.17, 15) is 4.79 Å². The number of aliphatic hydroxyl groups is 1. The first-order chi connectivity index (χ1) is 4.36. The highest BCUT2D eigenvalue weighted by Gasteiger charge is 1.96. The molecular formula is C7H10O3. The van der Waals surface area contributed by atoms with Crippen molar-refractivity contribution in [3.8, 4) is 0 Å². The molecule has 1 heterocycles. The van der Waals surface area contributed by atoms with Crippen molar-refractivity contribution in [1.29, 1.82) is 0 Å². The largest absolute Gasteiger partial charge is 0.456 e. The van der Waals surface area contributed by atoms with Gasteiger partial charge in [0.15, 0.2) is 12.0 Å². The SMILES string of the molecule is C.O=Cc1ccc(CO)o1. The lowest BCUT2D eigenvalue weighted by Gasteiger charge is -1.82. The van der Waals surface area contributed by atoms with Crippen LogP contribution in [0, 0.1) is 0 Å². The Labute approximate surface area is 59.3 Å². The van der Waals surface area contributed by atoms with Gasteiger partial charge in [-0.05, 0) is 12.1 Å². The fraction of sp³-hybridized carbons (Fsp3) is 0.286. The smallest absolute Gasteiger partial charge is 0.185 e. The molecule has 0 aliphatic heterocycles. The molecule has 0 aromatic carbocycles. The van der Waals surface area contributed by atoms with Gasteiger partial charge in [-0.1, -0.05) is 7.43 Å². The van der Waals surface area contributed by atoms with E-state index in [1.54, 1.807) is 6.07 Å². The van der Waals surface area contributed by atoms with E-state index in [0.717, 1.165) is 0 Å². The van der Waals surface area contributed by atoms with E-state index in [4.69, 9.17) is 9.52 Å². The number of carbonyl (C=O) groups excluding carboxylic acids is 1. The minimum atomic E-state index is -0.159. The summed E-state index contributed by atoms with van der Waals surface area (Å²) in [5.74, 6) is 0.663. The Kier molecular flexibility index (Phi) is 3.43. The zero-order valence-corrected chi connectivity index (χ0v) is 4.70. The number of hydrogen-bond donors (Lipinski definition) is 1. The van der Waals surface area contributed by atoms with Gasteiger partial charge in [0.05, 0.1) is 0 Å². The Morgan fingerprint density at radius 3 is 2.60 bits per heavy atom. The number of carbonyl (C=O) groups is 1. The van der Waals surface area contributed by atoms with E-state index in [2.05, 4.69) is 0 Å². The van der Waals surface area contributed by atoms with E-state index in [1.165, 1.54) is 6.07 Å². The van der Waals surface area contributed by atoms with Crippen molar-refractivity contribution in [2.75, 3.05) is 0 Å². The molecule has 0 amide bonds. The highest BCUT2D eigenvalue weighted by molar-refractivity contribution is 5.70. The number of aldehydes is 1. The predicted molar refractivity (Wildman–Crippen MR) is 36.7 cm³/mol. The molecular weight excluding hydrogens is 132 g/mol. The Balaban J connectivity index is 0.000000810. The van der Waals surface area contributed by atoms with Crippen LogP contribution in [0.5, 0.6) is 0 Å². The van der Waals surface area contributed by atoms with Crippen molar-refractivity contribution in [2.24, 2.45) is 0 Å². The van der Waals surface area contributed by atoms with Gasteiger partial charge in [0.25, 0.3) is 0 Å². The van der Waals surface area contributed by atoms with Gasteiger partial charge < -0.3 is 9.52 Å². The maximum Gasteiger partial charge on any atom is 0.185 e. The van der Waals surface area contributed by atoms with Crippen molar-refractivity contribution < 1.29 is 14.3 Å². The Morgan fingerprint density at radius 2 is 2.30 bits per heavy atom. The van der Waals surface area contributed by atoms with Gasteiger partial charge in [-0.3, -0.25) is 4.79 Å². The van der Waals surface area contributed by atoms with E-state index < -0.39 is 0 Å². The van der Waals surface area contributed by atoms with Crippen molar-refractivity contribution in [3.05, 3.63) is 23.7 Å². The fourth-order valence-electron chi connectivity index (χ4n) is 0.543. The maximum atomic E-state index is 9.96. The first-order valence-corrected chi connectivity index (χ1v) is 2.51. The van der Waals surface area contributed by atoms with E-state index in [0.29, 0.717) is 12.0 Å². The highest BCUT2D eigenvalue weighted by atomic mass is 16.4. The third-order valence-electron chi connectivity index (χ3n) is 0.954. The molecule has 0 aliphatic rings. The predicted octanol–water partition coefficient (Wildman–Crippen LogP) is 1.22. The molecule has 0 bridgehead atoms. The summed E-state index contributed by atoms with van der Waals surface area (Å²) < 4.78 is 4.76. The molecule has 1 N–H and O–H groups in total. The summed E-state index contributed by atoms with van der Waals surface area (Å²) in [5.41, 5.74) is 0. The second-order valence-electron chi connectivity index (χ2n) is 1.58. The average molecular weight is 142 g/mol. The standard InChI is InChI=1S/C6H6O3.CH4/c7-3-5-1-2-6(4-8)9-5;/h1-3,8H,4H2;1H4. The Hall–Kier alpha value is -1.09. The topological polar surface area (TPSA) is 50.4 Å². The average Bonchev–Trinajstić information content (AvgIpc) is 2.34. The molecule has 3 nitrogen and oxygen atoms in total. The highest BCUT2D eigenvalue weighted by Crippen LogP contribution is 2.03. The van der Waals surface area contributed by atoms with Crippen LogP contribution < -0.4 is 0 Å². The van der Waals surface area contributed by atoms with Crippen LogP contribution in [0.25, 0.3) is 0 Å². The number of rotatable bonds is 2. The quantitative estimate of drug-likeness (QED) is 0.631. The minimum Gasteiger partial charge on any atom is -0.456 e. The minimum absolute atomic E-state index is 0. The molecule has 1 aromatic heterocycles. The van der Waals surface area contributed by atoms with Gasteiger partial charge in [-0.2, -0.15) is 0 Å². The molecule has 56 valence electrons. The monoisotopic (exact) mass is 142 g/mol. The molecule has 0 unspecified atom stereocenters. The fourth-order valence-corrected chi connectivity index (χ4v) is 0.543. The number of hydrogen-bond acceptors (Lipinski definition) is 3.